The fourth-order valence-electron chi connectivity index (χ4n) is 3.61. The van der Waals surface area contributed by atoms with E-state index in [1.807, 2.05) is 0 Å². The van der Waals surface area contributed by atoms with Crippen LogP contribution in [0.1, 0.15) is 49.2 Å². The zero-order valence-corrected chi connectivity index (χ0v) is 19.1. The van der Waals surface area contributed by atoms with E-state index in [2.05, 4.69) is 34.4 Å². The van der Waals surface area contributed by atoms with Crippen LogP contribution in [-0.2, 0) is 11.2 Å². The van der Waals surface area contributed by atoms with Crippen LogP contribution >= 0.6 is 0 Å². The van der Waals surface area contributed by atoms with Gasteiger partial charge in [0.25, 0.3) is 0 Å². The number of aromatic carboxylic acids is 1. The predicted octanol–water partition coefficient (Wildman–Crippen LogP) is 3.30. The first kappa shape index (κ1) is 27.2. The molecule has 0 radical (unpaired) electrons. The zero-order chi connectivity index (χ0) is 25.3. The number of alkyl halides is 2. The van der Waals surface area contributed by atoms with Crippen molar-refractivity contribution < 1.29 is 32.3 Å². The molecule has 1 aromatic carbocycles. The number of aromatic nitrogens is 3. The van der Waals surface area contributed by atoms with Crippen LogP contribution in [0, 0.1) is 17.6 Å². The first-order valence-electron chi connectivity index (χ1n) is 11.1. The quantitative estimate of drug-likeness (QED) is 0.397. The largest absolute Gasteiger partial charge is 0.477 e. The van der Waals surface area contributed by atoms with Crippen LogP contribution in [0.25, 0.3) is 5.69 Å². The molecule has 2 rings (SSSR count). The molecule has 0 bridgehead atoms. The van der Waals surface area contributed by atoms with Gasteiger partial charge in [-0.1, -0.05) is 19.1 Å². The molecule has 1 unspecified atom stereocenters. The molecule has 188 valence electrons. The highest BCUT2D eigenvalue weighted by Gasteiger charge is 2.25. The van der Waals surface area contributed by atoms with Crippen LogP contribution in [0.4, 0.5) is 17.6 Å². The Morgan fingerprint density at radius 1 is 1.12 bits per heavy atom. The average Bonchev–Trinajstić information content (AvgIpc) is 3.21. The fourth-order valence-corrected chi connectivity index (χ4v) is 3.61. The van der Waals surface area contributed by atoms with Crippen molar-refractivity contribution >= 4 is 11.9 Å². The summed E-state index contributed by atoms with van der Waals surface area (Å²) < 4.78 is 55.1. The number of rotatable bonds is 14. The number of amides is 1. The number of hydrogen-bond acceptors (Lipinski definition) is 5. The fraction of sp³-hybridized carbons (Fsp3) is 0.545. The van der Waals surface area contributed by atoms with Crippen molar-refractivity contribution in [3.8, 4) is 5.69 Å². The summed E-state index contributed by atoms with van der Waals surface area (Å²) in [5.74, 6) is -5.96. The van der Waals surface area contributed by atoms with Crippen molar-refractivity contribution in [2.24, 2.45) is 5.92 Å². The standard InChI is InChI=1S/C22H29F4N5O3/c1-3-6-30(7-4-2)8-5-27-21(32)14(10-19(25)26)9-15-13-31(29-28-15)16-11-17(23)20(22(33)34)18(24)12-16/h11-14,19H,3-10H2,1-2H3,(H,27,32)(H,33,34). The third-order valence-electron chi connectivity index (χ3n) is 5.14. The lowest BCUT2D eigenvalue weighted by molar-refractivity contribution is -0.126. The molecule has 0 saturated carbocycles. The molecule has 2 N–H and O–H groups in total. The Balaban J connectivity index is 2.08. The second-order valence-corrected chi connectivity index (χ2v) is 7.90. The molecule has 2 aromatic rings. The van der Waals surface area contributed by atoms with Crippen LogP contribution in [0.2, 0.25) is 0 Å². The molecule has 0 saturated heterocycles. The zero-order valence-electron chi connectivity index (χ0n) is 19.1. The number of carbonyl (C=O) groups excluding carboxylic acids is 1. The molecule has 0 fully saturated rings. The van der Waals surface area contributed by atoms with Gasteiger partial charge in [-0.2, -0.15) is 0 Å². The van der Waals surface area contributed by atoms with Gasteiger partial charge in [0.1, 0.15) is 17.2 Å². The normalized spacial score (nSPS) is 12.4. The number of nitrogens with zero attached hydrogens (tertiary/aromatic N) is 4. The van der Waals surface area contributed by atoms with Crippen molar-refractivity contribution in [1.82, 2.24) is 25.2 Å². The minimum Gasteiger partial charge on any atom is -0.477 e. The first-order chi connectivity index (χ1) is 16.2. The van der Waals surface area contributed by atoms with Crippen LogP contribution in [0.15, 0.2) is 18.3 Å². The molecule has 1 atom stereocenters. The van der Waals surface area contributed by atoms with Crippen LogP contribution in [0.3, 0.4) is 0 Å². The second-order valence-electron chi connectivity index (χ2n) is 7.90. The van der Waals surface area contributed by atoms with Crippen molar-refractivity contribution in [3.05, 3.63) is 41.2 Å². The summed E-state index contributed by atoms with van der Waals surface area (Å²) in [7, 11) is 0. The van der Waals surface area contributed by atoms with Gasteiger partial charge in [-0.25, -0.2) is 27.0 Å². The Bertz CT molecular complexity index is 941. The van der Waals surface area contributed by atoms with Gasteiger partial charge in [-0.3, -0.25) is 4.79 Å². The molecule has 34 heavy (non-hydrogen) atoms. The molecule has 0 aliphatic carbocycles. The van der Waals surface area contributed by atoms with Gasteiger partial charge >= 0.3 is 5.97 Å². The minimum atomic E-state index is -2.71. The lowest BCUT2D eigenvalue weighted by Crippen LogP contribution is -2.39. The summed E-state index contributed by atoms with van der Waals surface area (Å²) in [4.78, 5) is 25.7. The van der Waals surface area contributed by atoms with E-state index in [0.717, 1.165) is 42.7 Å². The van der Waals surface area contributed by atoms with E-state index in [9.17, 15) is 27.2 Å². The van der Waals surface area contributed by atoms with Crippen molar-refractivity contribution in [3.63, 3.8) is 0 Å². The molecule has 0 aliphatic heterocycles. The highest BCUT2D eigenvalue weighted by molar-refractivity contribution is 5.88. The Morgan fingerprint density at radius 3 is 2.26 bits per heavy atom. The van der Waals surface area contributed by atoms with E-state index in [0.29, 0.717) is 13.1 Å². The molecule has 12 heteroatoms. The number of carboxylic acid groups (broad SMARTS) is 1. The van der Waals surface area contributed by atoms with Crippen LogP contribution < -0.4 is 5.32 Å². The SMILES string of the molecule is CCCN(CCC)CCNC(=O)C(Cc1cn(-c2cc(F)c(C(=O)O)c(F)c2)nn1)CC(F)F. The third kappa shape index (κ3) is 7.79. The average molecular weight is 487 g/mol. The Kier molecular flexibility index (Phi) is 10.4. The molecule has 0 spiro atoms. The van der Waals surface area contributed by atoms with Gasteiger partial charge in [0.15, 0.2) is 0 Å². The Labute approximate surface area is 194 Å². The summed E-state index contributed by atoms with van der Waals surface area (Å²) in [6.45, 7) is 6.78. The van der Waals surface area contributed by atoms with Crippen LogP contribution in [0.5, 0.6) is 0 Å². The molecule has 1 aromatic heterocycles. The predicted molar refractivity (Wildman–Crippen MR) is 116 cm³/mol. The maximum atomic E-state index is 14.0. The maximum absolute atomic E-state index is 14.0. The van der Waals surface area contributed by atoms with Crippen molar-refractivity contribution in [1.29, 1.82) is 0 Å². The first-order valence-corrected chi connectivity index (χ1v) is 11.1. The minimum absolute atomic E-state index is 0.138. The molecular weight excluding hydrogens is 458 g/mol. The summed E-state index contributed by atoms with van der Waals surface area (Å²) in [6.07, 6.45) is -0.362. The van der Waals surface area contributed by atoms with E-state index in [-0.39, 0.29) is 17.8 Å². The monoisotopic (exact) mass is 487 g/mol. The Morgan fingerprint density at radius 2 is 1.74 bits per heavy atom. The van der Waals surface area contributed by atoms with Gasteiger partial charge < -0.3 is 15.3 Å². The number of carboxylic acids is 1. The van der Waals surface area contributed by atoms with E-state index < -0.39 is 47.8 Å². The molecule has 1 amide bonds. The van der Waals surface area contributed by atoms with Gasteiger partial charge in [0.05, 0.1) is 17.6 Å². The summed E-state index contributed by atoms with van der Waals surface area (Å²) >= 11 is 0. The smallest absolute Gasteiger partial charge is 0.341 e. The van der Waals surface area contributed by atoms with E-state index >= 15 is 0 Å². The van der Waals surface area contributed by atoms with E-state index in [1.54, 1.807) is 0 Å². The lowest BCUT2D eigenvalue weighted by atomic mass is 9.99. The molecular formula is C22H29F4N5O3. The number of carbonyl (C=O) groups is 2. The van der Waals surface area contributed by atoms with Crippen LogP contribution in [-0.4, -0.2) is 69.5 Å². The summed E-state index contributed by atoms with van der Waals surface area (Å²) in [6, 6.07) is 1.54. The van der Waals surface area contributed by atoms with Gasteiger partial charge in [-0.15, -0.1) is 5.10 Å². The van der Waals surface area contributed by atoms with E-state index in [4.69, 9.17) is 5.11 Å². The van der Waals surface area contributed by atoms with Gasteiger partial charge in [0.2, 0.25) is 12.3 Å². The number of halogens is 4. The summed E-state index contributed by atoms with van der Waals surface area (Å²) in [5.41, 5.74) is -1.07. The number of hydrogen-bond donors (Lipinski definition) is 2. The number of benzene rings is 1. The molecule has 0 aliphatic rings. The van der Waals surface area contributed by atoms with Gasteiger partial charge in [0, 0.05) is 44.0 Å². The lowest BCUT2D eigenvalue weighted by Gasteiger charge is -2.22. The van der Waals surface area contributed by atoms with Crippen molar-refractivity contribution in [2.75, 3.05) is 26.2 Å². The topological polar surface area (TPSA) is 100 Å². The molecule has 8 nitrogen and oxygen atoms in total. The van der Waals surface area contributed by atoms with E-state index in [1.165, 1.54) is 6.20 Å². The maximum Gasteiger partial charge on any atom is 0.341 e. The highest BCUT2D eigenvalue weighted by Crippen LogP contribution is 2.20. The third-order valence-corrected chi connectivity index (χ3v) is 5.14. The molecule has 1 heterocycles. The van der Waals surface area contributed by atoms with Gasteiger partial charge in [-0.05, 0) is 25.9 Å². The second kappa shape index (κ2) is 13.0. The highest BCUT2D eigenvalue weighted by atomic mass is 19.3. The Hall–Kier alpha value is -3.02. The number of nitrogens with one attached hydrogen (secondary N) is 1. The summed E-state index contributed by atoms with van der Waals surface area (Å²) in [5, 5.41) is 19.1. The van der Waals surface area contributed by atoms with Crippen molar-refractivity contribution in [2.45, 2.75) is 46.0 Å².